The molecule has 0 saturated heterocycles. The summed E-state index contributed by atoms with van der Waals surface area (Å²) in [7, 11) is 1.85. The zero-order valence-electron chi connectivity index (χ0n) is 15.0. The average Bonchev–Trinajstić information content (AvgIpc) is 2.47. The second-order valence-electron chi connectivity index (χ2n) is 6.74. The molecule has 0 heterocycles. The second kappa shape index (κ2) is 6.79. The lowest BCUT2D eigenvalue weighted by molar-refractivity contribution is 0.808. The molecule has 0 aromatic heterocycles. The maximum Gasteiger partial charge on any atom is 0.168 e. The van der Waals surface area contributed by atoms with Crippen LogP contribution in [0.4, 0.5) is 5.69 Å². The van der Waals surface area contributed by atoms with Gasteiger partial charge in [-0.05, 0) is 30.9 Å². The highest BCUT2D eigenvalue weighted by Gasteiger charge is 2.23. The number of hydrogen-bond acceptors (Lipinski definition) is 2. The first kappa shape index (κ1) is 17.6. The van der Waals surface area contributed by atoms with Crippen LogP contribution >= 0.6 is 11.8 Å². The molecule has 0 aliphatic carbocycles. The fraction of sp³-hybridized carbons (Fsp3) is 0.350. The molecular formula is C20H26N2S. The van der Waals surface area contributed by atoms with E-state index in [4.69, 9.17) is 0 Å². The van der Waals surface area contributed by atoms with Crippen molar-refractivity contribution in [3.05, 3.63) is 54.2 Å². The first-order chi connectivity index (χ1) is 10.7. The van der Waals surface area contributed by atoms with Gasteiger partial charge < -0.3 is 0 Å². The number of thioether (sulfide) groups is 1. The maximum absolute atomic E-state index is 4.55. The van der Waals surface area contributed by atoms with Gasteiger partial charge in [-0.15, -0.1) is 0 Å². The molecule has 122 valence electrons. The third kappa shape index (κ3) is 3.97. The normalized spacial score (nSPS) is 12.5. The molecule has 0 N–H and O–H groups in total. The number of rotatable bonds is 2. The highest BCUT2D eigenvalue weighted by atomic mass is 32.2. The van der Waals surface area contributed by atoms with Gasteiger partial charge >= 0.3 is 0 Å². The molecular weight excluding hydrogens is 300 g/mol. The third-order valence-corrected chi connectivity index (χ3v) is 4.68. The van der Waals surface area contributed by atoms with Crippen LogP contribution in [0.2, 0.25) is 0 Å². The van der Waals surface area contributed by atoms with E-state index in [1.165, 1.54) is 16.3 Å². The average molecular weight is 327 g/mol. The van der Waals surface area contributed by atoms with E-state index in [0.717, 1.165) is 16.6 Å². The fourth-order valence-corrected chi connectivity index (χ4v) is 3.55. The highest BCUT2D eigenvalue weighted by molar-refractivity contribution is 8.15. The molecule has 0 fully saturated rings. The van der Waals surface area contributed by atoms with Crippen LogP contribution in [0.15, 0.2) is 53.7 Å². The Balaban J connectivity index is 2.64. The summed E-state index contributed by atoms with van der Waals surface area (Å²) >= 11 is 1.76. The smallest absolute Gasteiger partial charge is 0.168 e. The number of aliphatic imine (C=N–C) groups is 1. The summed E-state index contributed by atoms with van der Waals surface area (Å²) in [6.07, 6.45) is 0. The van der Waals surface area contributed by atoms with Gasteiger partial charge in [0.2, 0.25) is 0 Å². The van der Waals surface area contributed by atoms with Crippen molar-refractivity contribution < 1.29 is 0 Å². The van der Waals surface area contributed by atoms with Crippen molar-refractivity contribution in [2.24, 2.45) is 4.99 Å². The summed E-state index contributed by atoms with van der Waals surface area (Å²) < 4.78 is 0.0864. The van der Waals surface area contributed by atoms with Crippen molar-refractivity contribution >= 4 is 33.4 Å². The summed E-state index contributed by atoms with van der Waals surface area (Å²) in [6, 6.07) is 12.8. The van der Waals surface area contributed by atoms with Gasteiger partial charge in [-0.25, -0.2) is 0 Å². The Kier molecular flexibility index (Phi) is 5.20. The largest absolute Gasteiger partial charge is 0.294 e. The van der Waals surface area contributed by atoms with E-state index in [1.54, 1.807) is 11.8 Å². The topological polar surface area (TPSA) is 15.6 Å². The van der Waals surface area contributed by atoms with Crippen LogP contribution in [0.3, 0.4) is 0 Å². The zero-order chi connectivity index (χ0) is 17.2. The minimum atomic E-state index is 0.0864. The van der Waals surface area contributed by atoms with Gasteiger partial charge in [0.25, 0.3) is 0 Å². The van der Waals surface area contributed by atoms with Crippen molar-refractivity contribution in [3.63, 3.8) is 0 Å². The van der Waals surface area contributed by atoms with E-state index in [0.29, 0.717) is 0 Å². The lowest BCUT2D eigenvalue weighted by Crippen LogP contribution is -2.30. The summed E-state index contributed by atoms with van der Waals surface area (Å²) in [6.45, 7) is 15.0. The van der Waals surface area contributed by atoms with Crippen molar-refractivity contribution in [1.29, 1.82) is 0 Å². The van der Waals surface area contributed by atoms with E-state index in [-0.39, 0.29) is 4.75 Å². The maximum atomic E-state index is 4.55. The fourth-order valence-electron chi connectivity index (χ4n) is 2.57. The van der Waals surface area contributed by atoms with Crippen LogP contribution in [-0.2, 0) is 0 Å². The van der Waals surface area contributed by atoms with Gasteiger partial charge in [-0.3, -0.25) is 9.89 Å². The molecule has 2 aromatic rings. The van der Waals surface area contributed by atoms with Gasteiger partial charge in [-0.2, -0.15) is 0 Å². The van der Waals surface area contributed by atoms with Gasteiger partial charge in [0, 0.05) is 22.9 Å². The van der Waals surface area contributed by atoms with Gasteiger partial charge in [0.15, 0.2) is 5.17 Å². The summed E-state index contributed by atoms with van der Waals surface area (Å²) in [4.78, 5) is 6.71. The molecule has 3 heteroatoms. The first-order valence-corrected chi connectivity index (χ1v) is 8.66. The zero-order valence-corrected chi connectivity index (χ0v) is 15.8. The number of benzene rings is 2. The van der Waals surface area contributed by atoms with Crippen molar-refractivity contribution in [2.75, 3.05) is 11.9 Å². The van der Waals surface area contributed by atoms with Gasteiger partial charge in [0.1, 0.15) is 0 Å². The molecule has 2 nitrogen and oxygen atoms in total. The molecule has 0 bridgehead atoms. The SMILES string of the molecule is C=C(C)N(C(=NC)SC(C)(C)C)c1ccc(C)c2ccccc12. The van der Waals surface area contributed by atoms with Gasteiger partial charge in [-0.1, -0.05) is 69.4 Å². The van der Waals surface area contributed by atoms with E-state index in [9.17, 15) is 0 Å². The lowest BCUT2D eigenvalue weighted by Gasteiger charge is -2.30. The minimum absolute atomic E-state index is 0.0864. The number of hydrogen-bond donors (Lipinski definition) is 0. The van der Waals surface area contributed by atoms with Crippen molar-refractivity contribution in [3.8, 4) is 0 Å². The molecule has 0 unspecified atom stereocenters. The summed E-state index contributed by atoms with van der Waals surface area (Å²) in [5.74, 6) is 0. The Morgan fingerprint density at radius 2 is 1.70 bits per heavy atom. The Bertz CT molecular complexity index is 754. The first-order valence-electron chi connectivity index (χ1n) is 7.84. The molecule has 23 heavy (non-hydrogen) atoms. The minimum Gasteiger partial charge on any atom is -0.294 e. The summed E-state index contributed by atoms with van der Waals surface area (Å²) in [5, 5.41) is 3.47. The molecule has 0 aliphatic rings. The number of aryl methyl sites for hydroxylation is 1. The monoisotopic (exact) mass is 326 g/mol. The van der Waals surface area contributed by atoms with Crippen LogP contribution in [0, 0.1) is 6.92 Å². The van der Waals surface area contributed by atoms with Crippen molar-refractivity contribution in [1.82, 2.24) is 0 Å². The predicted octanol–water partition coefficient (Wildman–Crippen LogP) is 6.01. The van der Waals surface area contributed by atoms with Crippen LogP contribution in [0.5, 0.6) is 0 Å². The van der Waals surface area contributed by atoms with Crippen molar-refractivity contribution in [2.45, 2.75) is 39.4 Å². The highest BCUT2D eigenvalue weighted by Crippen LogP contribution is 2.35. The van der Waals surface area contributed by atoms with Crippen LogP contribution in [-0.4, -0.2) is 17.0 Å². The standard InChI is InChI=1S/C20H26N2S/c1-14(2)22(19(21-7)23-20(4,5)6)18-13-12-15(3)16-10-8-9-11-17(16)18/h8-13H,1H2,2-7H3. The Labute approximate surface area is 144 Å². The lowest BCUT2D eigenvalue weighted by atomic mass is 10.0. The molecule has 2 rings (SSSR count). The van der Waals surface area contributed by atoms with E-state index < -0.39 is 0 Å². The quantitative estimate of drug-likeness (QED) is 0.496. The summed E-state index contributed by atoms with van der Waals surface area (Å²) in [5.41, 5.74) is 3.39. The molecule has 0 saturated carbocycles. The predicted molar refractivity (Wildman–Crippen MR) is 107 cm³/mol. The van der Waals surface area contributed by atoms with Gasteiger partial charge in [0.05, 0.1) is 5.69 Å². The van der Waals surface area contributed by atoms with Crippen LogP contribution in [0.25, 0.3) is 10.8 Å². The third-order valence-electron chi connectivity index (χ3n) is 3.52. The molecule has 0 radical (unpaired) electrons. The van der Waals surface area contributed by atoms with Crippen LogP contribution in [0.1, 0.15) is 33.3 Å². The molecule has 0 atom stereocenters. The Morgan fingerprint density at radius 3 is 2.22 bits per heavy atom. The molecule has 0 amide bonds. The Hall–Kier alpha value is -1.74. The number of allylic oxidation sites excluding steroid dienone is 1. The number of amidine groups is 1. The molecule has 0 aliphatic heterocycles. The van der Waals surface area contributed by atoms with E-state index in [2.05, 4.69) is 80.6 Å². The number of anilines is 1. The van der Waals surface area contributed by atoms with E-state index >= 15 is 0 Å². The molecule has 2 aromatic carbocycles. The van der Waals surface area contributed by atoms with Crippen LogP contribution < -0.4 is 4.90 Å². The number of fused-ring (bicyclic) bond motifs is 1. The molecule has 0 spiro atoms. The Morgan fingerprint density at radius 1 is 1.09 bits per heavy atom. The number of nitrogens with zero attached hydrogens (tertiary/aromatic N) is 2. The second-order valence-corrected chi connectivity index (χ2v) is 8.53. The van der Waals surface area contributed by atoms with E-state index in [1.807, 2.05) is 14.0 Å².